The molecule has 0 aliphatic carbocycles. The van der Waals surface area contributed by atoms with Gasteiger partial charge in [0.2, 0.25) is 0 Å². The fourth-order valence-corrected chi connectivity index (χ4v) is 4.07. The van der Waals surface area contributed by atoms with Crippen LogP contribution in [0.2, 0.25) is 0 Å². The molecule has 0 fully saturated rings. The first-order chi connectivity index (χ1) is 10.7. The minimum atomic E-state index is 1.02. The van der Waals surface area contributed by atoms with Crippen LogP contribution in [0.1, 0.15) is 11.1 Å². The van der Waals surface area contributed by atoms with Gasteiger partial charge in [0.25, 0.3) is 0 Å². The highest BCUT2D eigenvalue weighted by Crippen LogP contribution is 2.34. The zero-order valence-electron chi connectivity index (χ0n) is 13.0. The molecular formula is C19H20N2S. The summed E-state index contributed by atoms with van der Waals surface area (Å²) in [5, 5.41) is 3.51. The van der Waals surface area contributed by atoms with Gasteiger partial charge in [-0.05, 0) is 54.6 Å². The van der Waals surface area contributed by atoms with E-state index in [1.165, 1.54) is 32.6 Å². The van der Waals surface area contributed by atoms with Crippen LogP contribution in [0.15, 0.2) is 47.8 Å². The van der Waals surface area contributed by atoms with Crippen LogP contribution < -0.4 is 4.90 Å². The molecule has 0 saturated carbocycles. The van der Waals surface area contributed by atoms with Gasteiger partial charge in [-0.2, -0.15) is 0 Å². The monoisotopic (exact) mass is 308 g/mol. The molecule has 112 valence electrons. The van der Waals surface area contributed by atoms with Gasteiger partial charge in [0, 0.05) is 35.7 Å². The Kier molecular flexibility index (Phi) is 3.40. The molecule has 0 atom stereocenters. The number of fused-ring (bicyclic) bond motifs is 2. The third kappa shape index (κ3) is 2.40. The minimum absolute atomic E-state index is 1.02. The third-order valence-electron chi connectivity index (χ3n) is 4.42. The maximum Gasteiger partial charge on any atom is 0.0457 e. The van der Waals surface area contributed by atoms with Crippen molar-refractivity contribution in [2.75, 3.05) is 25.0 Å². The average Bonchev–Trinajstić information content (AvgIpc) is 2.90. The number of benzene rings is 2. The molecule has 2 aromatic carbocycles. The van der Waals surface area contributed by atoms with Crippen molar-refractivity contribution in [2.24, 2.45) is 0 Å². The van der Waals surface area contributed by atoms with Crippen LogP contribution in [-0.4, -0.2) is 25.0 Å². The third-order valence-corrected chi connectivity index (χ3v) is 5.30. The summed E-state index contributed by atoms with van der Waals surface area (Å²) in [5.74, 6) is 0. The second kappa shape index (κ2) is 5.41. The number of hydrogen-bond acceptors (Lipinski definition) is 3. The summed E-state index contributed by atoms with van der Waals surface area (Å²) in [7, 11) is 2.21. The minimum Gasteiger partial charge on any atom is -0.340 e. The van der Waals surface area contributed by atoms with Crippen LogP contribution in [0.5, 0.6) is 0 Å². The van der Waals surface area contributed by atoms with Gasteiger partial charge in [0.05, 0.1) is 0 Å². The summed E-state index contributed by atoms with van der Waals surface area (Å²) in [6.07, 6.45) is 0. The highest BCUT2D eigenvalue weighted by atomic mass is 32.1. The first kappa shape index (κ1) is 13.8. The van der Waals surface area contributed by atoms with E-state index in [1.54, 1.807) is 0 Å². The average molecular weight is 308 g/mol. The Morgan fingerprint density at radius 1 is 1.00 bits per heavy atom. The molecular weight excluding hydrogens is 288 g/mol. The van der Waals surface area contributed by atoms with Crippen molar-refractivity contribution in [3.63, 3.8) is 0 Å². The molecule has 0 amide bonds. The number of anilines is 2. The van der Waals surface area contributed by atoms with Crippen LogP contribution in [0.25, 0.3) is 10.1 Å². The van der Waals surface area contributed by atoms with Gasteiger partial charge in [-0.1, -0.05) is 23.8 Å². The van der Waals surface area contributed by atoms with Crippen LogP contribution in [0.3, 0.4) is 0 Å². The van der Waals surface area contributed by atoms with Crippen molar-refractivity contribution in [2.45, 2.75) is 13.5 Å². The van der Waals surface area contributed by atoms with Crippen LogP contribution in [-0.2, 0) is 6.54 Å². The first-order valence-corrected chi connectivity index (χ1v) is 8.61. The molecule has 1 aliphatic rings. The van der Waals surface area contributed by atoms with Crippen LogP contribution in [0.4, 0.5) is 11.4 Å². The molecule has 3 heteroatoms. The second-order valence-electron chi connectivity index (χ2n) is 6.16. The van der Waals surface area contributed by atoms with Crippen molar-refractivity contribution in [3.05, 3.63) is 59.0 Å². The van der Waals surface area contributed by atoms with Crippen molar-refractivity contribution < 1.29 is 0 Å². The maximum atomic E-state index is 2.47. The smallest absolute Gasteiger partial charge is 0.0457 e. The van der Waals surface area contributed by atoms with Crippen molar-refractivity contribution in [1.82, 2.24) is 4.90 Å². The van der Waals surface area contributed by atoms with Crippen LogP contribution >= 0.6 is 11.3 Å². The number of aryl methyl sites for hydroxylation is 1. The Balaban J connectivity index is 1.83. The second-order valence-corrected chi connectivity index (χ2v) is 7.11. The summed E-state index contributed by atoms with van der Waals surface area (Å²) >= 11 is 1.82. The molecule has 1 aliphatic heterocycles. The lowest BCUT2D eigenvalue weighted by Crippen LogP contribution is -2.26. The van der Waals surface area contributed by atoms with Gasteiger partial charge in [0.15, 0.2) is 0 Å². The fourth-order valence-electron chi connectivity index (χ4n) is 3.24. The topological polar surface area (TPSA) is 6.48 Å². The van der Waals surface area contributed by atoms with E-state index < -0.39 is 0 Å². The van der Waals surface area contributed by atoms with E-state index in [9.17, 15) is 0 Å². The Morgan fingerprint density at radius 3 is 2.82 bits per heavy atom. The Labute approximate surface area is 135 Å². The van der Waals surface area contributed by atoms with E-state index in [0.29, 0.717) is 0 Å². The van der Waals surface area contributed by atoms with Crippen molar-refractivity contribution in [3.8, 4) is 0 Å². The standard InChI is InChI=1S/C19H20N2S/c1-14-3-6-18-16(11-14)13-20(2)8-9-21(18)17-5-4-15-7-10-22-19(15)12-17/h3-7,10-12H,8-9,13H2,1-2H3. The van der Waals surface area contributed by atoms with Gasteiger partial charge in [-0.3, -0.25) is 0 Å². The predicted molar refractivity (Wildman–Crippen MR) is 96.3 cm³/mol. The predicted octanol–water partition coefficient (Wildman–Crippen LogP) is 4.79. The Bertz CT molecular complexity index is 821. The summed E-state index contributed by atoms with van der Waals surface area (Å²) < 4.78 is 1.36. The largest absolute Gasteiger partial charge is 0.340 e. The van der Waals surface area contributed by atoms with E-state index in [2.05, 4.69) is 71.6 Å². The SMILES string of the molecule is Cc1ccc2c(c1)CN(C)CCN2c1ccc2ccsc2c1. The number of hydrogen-bond donors (Lipinski definition) is 0. The Morgan fingerprint density at radius 2 is 1.91 bits per heavy atom. The van der Waals surface area contributed by atoms with Crippen molar-refractivity contribution in [1.29, 1.82) is 0 Å². The van der Waals surface area contributed by atoms with E-state index in [4.69, 9.17) is 0 Å². The summed E-state index contributed by atoms with van der Waals surface area (Å²) in [4.78, 5) is 4.87. The number of likely N-dealkylation sites (N-methyl/N-ethyl adjacent to an activating group) is 1. The lowest BCUT2D eigenvalue weighted by atomic mass is 10.1. The molecule has 0 spiro atoms. The summed E-state index contributed by atoms with van der Waals surface area (Å²) in [5.41, 5.74) is 5.41. The van der Waals surface area contributed by atoms with Gasteiger partial charge in [0.1, 0.15) is 0 Å². The Hall–Kier alpha value is -1.84. The maximum absolute atomic E-state index is 2.47. The zero-order chi connectivity index (χ0) is 15.1. The number of rotatable bonds is 1. The molecule has 3 aromatic rings. The lowest BCUT2D eigenvalue weighted by Gasteiger charge is -2.25. The summed E-state index contributed by atoms with van der Waals surface area (Å²) in [6, 6.07) is 15.8. The van der Waals surface area contributed by atoms with Gasteiger partial charge < -0.3 is 9.80 Å². The van der Waals surface area contributed by atoms with E-state index >= 15 is 0 Å². The highest BCUT2D eigenvalue weighted by Gasteiger charge is 2.19. The quantitative estimate of drug-likeness (QED) is 0.637. The molecule has 2 heterocycles. The molecule has 2 nitrogen and oxygen atoms in total. The molecule has 0 saturated heterocycles. The molecule has 0 unspecified atom stereocenters. The molecule has 1 aromatic heterocycles. The molecule has 4 rings (SSSR count). The van der Waals surface area contributed by atoms with Crippen LogP contribution in [0, 0.1) is 6.92 Å². The normalized spacial score (nSPS) is 15.8. The fraction of sp³-hybridized carbons (Fsp3) is 0.263. The van der Waals surface area contributed by atoms with E-state index in [-0.39, 0.29) is 0 Å². The molecule has 0 N–H and O–H groups in total. The van der Waals surface area contributed by atoms with E-state index in [1.807, 2.05) is 11.3 Å². The molecule has 22 heavy (non-hydrogen) atoms. The molecule has 0 bridgehead atoms. The number of nitrogens with zero attached hydrogens (tertiary/aromatic N) is 2. The van der Waals surface area contributed by atoms with Gasteiger partial charge >= 0.3 is 0 Å². The lowest BCUT2D eigenvalue weighted by molar-refractivity contribution is 0.343. The molecule has 0 radical (unpaired) electrons. The van der Waals surface area contributed by atoms with E-state index in [0.717, 1.165) is 19.6 Å². The highest BCUT2D eigenvalue weighted by molar-refractivity contribution is 7.17. The number of thiophene rings is 1. The first-order valence-electron chi connectivity index (χ1n) is 7.73. The van der Waals surface area contributed by atoms with Gasteiger partial charge in [-0.25, -0.2) is 0 Å². The summed E-state index contributed by atoms with van der Waals surface area (Å²) in [6.45, 7) is 5.31. The zero-order valence-corrected chi connectivity index (χ0v) is 13.9. The van der Waals surface area contributed by atoms with Gasteiger partial charge in [-0.15, -0.1) is 11.3 Å². The van der Waals surface area contributed by atoms with Crippen molar-refractivity contribution >= 4 is 32.8 Å².